The first-order valence-electron chi connectivity index (χ1n) is 12.5. The average Bonchev–Trinajstić information content (AvgIpc) is 2.75. The van der Waals surface area contributed by atoms with E-state index in [4.69, 9.17) is 0 Å². The fourth-order valence-electron chi connectivity index (χ4n) is 4.47. The SMILES string of the molecule is CCCCCCCCCCCCCCC[C@@H](NC(C)=O)c1cccc2ccccc12. The minimum Gasteiger partial charge on any atom is -0.350 e. The van der Waals surface area contributed by atoms with E-state index in [1.165, 1.54) is 99.8 Å². The summed E-state index contributed by atoms with van der Waals surface area (Å²) < 4.78 is 0. The first kappa shape index (κ1) is 24.4. The smallest absolute Gasteiger partial charge is 0.217 e. The van der Waals surface area contributed by atoms with Crippen molar-refractivity contribution in [1.29, 1.82) is 0 Å². The highest BCUT2D eigenvalue weighted by atomic mass is 16.1. The highest BCUT2D eigenvalue weighted by Crippen LogP contribution is 2.28. The highest BCUT2D eigenvalue weighted by molar-refractivity contribution is 5.86. The molecule has 0 unspecified atom stereocenters. The Morgan fingerprint density at radius 1 is 0.733 bits per heavy atom. The molecule has 0 heterocycles. The van der Waals surface area contributed by atoms with Crippen molar-refractivity contribution in [2.45, 2.75) is 110 Å². The van der Waals surface area contributed by atoms with E-state index >= 15 is 0 Å². The Morgan fingerprint density at radius 3 is 1.87 bits per heavy atom. The molecule has 0 saturated carbocycles. The second kappa shape index (κ2) is 15.0. The molecule has 0 aliphatic rings. The second-order valence-corrected chi connectivity index (χ2v) is 8.85. The normalized spacial score (nSPS) is 12.2. The Labute approximate surface area is 184 Å². The number of benzene rings is 2. The third kappa shape index (κ3) is 9.32. The lowest BCUT2D eigenvalue weighted by Crippen LogP contribution is -2.26. The number of carbonyl (C=O) groups is 1. The molecule has 0 aromatic heterocycles. The molecule has 2 aromatic carbocycles. The Hall–Kier alpha value is -1.83. The molecule has 1 amide bonds. The molecule has 0 aliphatic carbocycles. The number of hydrogen-bond donors (Lipinski definition) is 1. The van der Waals surface area contributed by atoms with Gasteiger partial charge >= 0.3 is 0 Å². The van der Waals surface area contributed by atoms with Crippen LogP contribution < -0.4 is 5.32 Å². The molecular weight excluding hydrogens is 366 g/mol. The van der Waals surface area contributed by atoms with E-state index in [9.17, 15) is 4.79 Å². The molecule has 0 spiro atoms. The fraction of sp³-hybridized carbons (Fsp3) is 0.607. The van der Waals surface area contributed by atoms with Crippen LogP contribution in [0.3, 0.4) is 0 Å². The number of carbonyl (C=O) groups excluding carboxylic acids is 1. The fourth-order valence-corrected chi connectivity index (χ4v) is 4.47. The Kier molecular flexibility index (Phi) is 12.3. The summed E-state index contributed by atoms with van der Waals surface area (Å²) >= 11 is 0. The van der Waals surface area contributed by atoms with Crippen LogP contribution in [0.5, 0.6) is 0 Å². The summed E-state index contributed by atoms with van der Waals surface area (Å²) in [6, 6.07) is 15.0. The van der Waals surface area contributed by atoms with Gasteiger partial charge in [0.05, 0.1) is 6.04 Å². The van der Waals surface area contributed by atoms with E-state index in [1.807, 2.05) is 0 Å². The highest BCUT2D eigenvalue weighted by Gasteiger charge is 2.15. The van der Waals surface area contributed by atoms with Crippen molar-refractivity contribution in [3.05, 3.63) is 48.0 Å². The third-order valence-corrected chi connectivity index (χ3v) is 6.17. The van der Waals surface area contributed by atoms with Gasteiger partial charge in [0, 0.05) is 6.92 Å². The topological polar surface area (TPSA) is 29.1 Å². The molecule has 0 fully saturated rings. The summed E-state index contributed by atoms with van der Waals surface area (Å²) in [6.07, 6.45) is 18.8. The summed E-state index contributed by atoms with van der Waals surface area (Å²) in [5, 5.41) is 5.70. The maximum atomic E-state index is 11.8. The molecule has 2 heteroatoms. The van der Waals surface area contributed by atoms with Crippen LogP contribution in [0.2, 0.25) is 0 Å². The molecule has 30 heavy (non-hydrogen) atoms. The van der Waals surface area contributed by atoms with Gasteiger partial charge in [-0.05, 0) is 22.8 Å². The predicted octanol–water partition coefficient (Wildman–Crippen LogP) is 8.50. The summed E-state index contributed by atoms with van der Waals surface area (Å²) in [5.74, 6) is 0.0580. The van der Waals surface area contributed by atoms with E-state index in [0.717, 1.165) is 6.42 Å². The number of rotatable bonds is 16. The van der Waals surface area contributed by atoms with Crippen molar-refractivity contribution in [3.63, 3.8) is 0 Å². The maximum absolute atomic E-state index is 11.8. The van der Waals surface area contributed by atoms with Crippen LogP contribution in [-0.4, -0.2) is 5.91 Å². The zero-order valence-electron chi connectivity index (χ0n) is 19.4. The van der Waals surface area contributed by atoms with Gasteiger partial charge in [0.1, 0.15) is 0 Å². The summed E-state index contributed by atoms with van der Waals surface area (Å²) in [6.45, 7) is 3.91. The van der Waals surface area contributed by atoms with E-state index in [-0.39, 0.29) is 11.9 Å². The molecule has 0 radical (unpaired) electrons. The van der Waals surface area contributed by atoms with Crippen LogP contribution in [0.1, 0.15) is 115 Å². The van der Waals surface area contributed by atoms with E-state index in [2.05, 4.69) is 54.7 Å². The molecule has 0 saturated heterocycles. The molecule has 2 nitrogen and oxygen atoms in total. The largest absolute Gasteiger partial charge is 0.350 e. The van der Waals surface area contributed by atoms with Crippen LogP contribution in [0.4, 0.5) is 0 Å². The third-order valence-electron chi connectivity index (χ3n) is 6.17. The van der Waals surface area contributed by atoms with Crippen LogP contribution in [0.15, 0.2) is 42.5 Å². The molecule has 0 bridgehead atoms. The zero-order chi connectivity index (χ0) is 21.4. The van der Waals surface area contributed by atoms with Gasteiger partial charge in [-0.1, -0.05) is 133 Å². The van der Waals surface area contributed by atoms with Gasteiger partial charge in [-0.2, -0.15) is 0 Å². The van der Waals surface area contributed by atoms with Gasteiger partial charge in [-0.25, -0.2) is 0 Å². The first-order valence-corrected chi connectivity index (χ1v) is 12.5. The molecular formula is C28H43NO. The monoisotopic (exact) mass is 409 g/mol. The van der Waals surface area contributed by atoms with Gasteiger partial charge in [-0.15, -0.1) is 0 Å². The van der Waals surface area contributed by atoms with Crippen LogP contribution >= 0.6 is 0 Å². The Balaban J connectivity index is 1.64. The van der Waals surface area contributed by atoms with Crippen molar-refractivity contribution < 1.29 is 4.79 Å². The minimum atomic E-state index is 0.0580. The number of fused-ring (bicyclic) bond motifs is 1. The maximum Gasteiger partial charge on any atom is 0.217 e. The number of unbranched alkanes of at least 4 members (excludes halogenated alkanes) is 12. The van der Waals surface area contributed by atoms with E-state index in [0.29, 0.717) is 0 Å². The molecule has 2 aromatic rings. The molecule has 0 aliphatic heterocycles. The van der Waals surface area contributed by atoms with Crippen LogP contribution in [0, 0.1) is 0 Å². The van der Waals surface area contributed by atoms with Crippen molar-refractivity contribution >= 4 is 16.7 Å². The first-order chi connectivity index (χ1) is 14.7. The van der Waals surface area contributed by atoms with Crippen molar-refractivity contribution in [2.75, 3.05) is 0 Å². The molecule has 166 valence electrons. The van der Waals surface area contributed by atoms with Crippen LogP contribution in [0.25, 0.3) is 10.8 Å². The lowest BCUT2D eigenvalue weighted by molar-refractivity contribution is -0.119. The van der Waals surface area contributed by atoms with Gasteiger partial charge in [0.2, 0.25) is 5.91 Å². The zero-order valence-corrected chi connectivity index (χ0v) is 19.4. The van der Waals surface area contributed by atoms with Gasteiger partial charge < -0.3 is 5.32 Å². The van der Waals surface area contributed by atoms with E-state index < -0.39 is 0 Å². The van der Waals surface area contributed by atoms with Gasteiger partial charge in [-0.3, -0.25) is 4.79 Å². The molecule has 1 N–H and O–H groups in total. The quantitative estimate of drug-likeness (QED) is 0.277. The number of nitrogens with one attached hydrogen (secondary N) is 1. The molecule has 1 atom stereocenters. The Morgan fingerprint density at radius 2 is 1.27 bits per heavy atom. The standard InChI is InChI=1S/C28H43NO/c1-3-4-5-6-7-8-9-10-11-12-13-14-15-23-28(29-24(2)30)27-22-18-20-25-19-16-17-21-26(25)27/h16-22,28H,3-15,23H2,1-2H3,(H,29,30)/t28-/m1/s1. The van der Waals surface area contributed by atoms with Crippen LogP contribution in [-0.2, 0) is 4.79 Å². The second-order valence-electron chi connectivity index (χ2n) is 8.85. The lowest BCUT2D eigenvalue weighted by Gasteiger charge is -2.20. The number of hydrogen-bond acceptors (Lipinski definition) is 1. The van der Waals surface area contributed by atoms with E-state index in [1.54, 1.807) is 6.92 Å². The van der Waals surface area contributed by atoms with Crippen molar-refractivity contribution in [1.82, 2.24) is 5.32 Å². The summed E-state index contributed by atoms with van der Waals surface area (Å²) in [4.78, 5) is 11.8. The predicted molar refractivity (Wildman–Crippen MR) is 131 cm³/mol. The van der Waals surface area contributed by atoms with Crippen molar-refractivity contribution in [2.24, 2.45) is 0 Å². The van der Waals surface area contributed by atoms with Crippen molar-refractivity contribution in [3.8, 4) is 0 Å². The summed E-state index contributed by atoms with van der Waals surface area (Å²) in [7, 11) is 0. The average molecular weight is 410 g/mol. The van der Waals surface area contributed by atoms with Gasteiger partial charge in [0.15, 0.2) is 0 Å². The molecule has 2 rings (SSSR count). The Bertz CT molecular complexity index is 718. The van der Waals surface area contributed by atoms with Gasteiger partial charge in [0.25, 0.3) is 0 Å². The summed E-state index contributed by atoms with van der Waals surface area (Å²) in [5.41, 5.74) is 1.25. The lowest BCUT2D eigenvalue weighted by atomic mass is 9.94. The minimum absolute atomic E-state index is 0.0580. The number of amides is 1.